The fourth-order valence-electron chi connectivity index (χ4n) is 7.66. The number of nitrogens with zero attached hydrogens (tertiary/aromatic N) is 1. The molecule has 7 aromatic carbocycles. The van der Waals surface area contributed by atoms with Gasteiger partial charge in [-0.2, -0.15) is 0 Å². The molecule has 51 heavy (non-hydrogen) atoms. The molecule has 0 N–H and O–H groups in total. The van der Waals surface area contributed by atoms with Crippen molar-refractivity contribution < 1.29 is 4.42 Å². The lowest BCUT2D eigenvalue weighted by Gasteiger charge is -2.15. The number of allylic oxidation sites excluding steroid dienone is 4. The summed E-state index contributed by atoms with van der Waals surface area (Å²) in [4.78, 5) is 2.40. The fraction of sp³-hybridized carbons (Fsp3) is 0.0417. The van der Waals surface area contributed by atoms with Gasteiger partial charge < -0.3 is 8.98 Å². The van der Waals surface area contributed by atoms with Crippen molar-refractivity contribution in [3.8, 4) is 27.9 Å². The largest absolute Gasteiger partial charge is 0.456 e. The quantitative estimate of drug-likeness (QED) is 0.175. The summed E-state index contributed by atoms with van der Waals surface area (Å²) in [5.41, 5.74) is 11.6. The molecule has 2 nitrogen and oxygen atoms in total. The first-order valence-corrected chi connectivity index (χ1v) is 18.3. The minimum atomic E-state index is 0.437. The van der Waals surface area contributed by atoms with Crippen LogP contribution in [0.3, 0.4) is 0 Å². The normalized spacial score (nSPS) is 14.3. The summed E-state index contributed by atoms with van der Waals surface area (Å²) in [5, 5.41) is 4.74. The van der Waals surface area contributed by atoms with E-state index in [9.17, 15) is 0 Å². The molecule has 2 aromatic heterocycles. The molecule has 0 saturated carbocycles. The van der Waals surface area contributed by atoms with Crippen molar-refractivity contribution in [3.05, 3.63) is 188 Å². The Hall–Kier alpha value is -6.03. The summed E-state index contributed by atoms with van der Waals surface area (Å²) in [5.74, 6) is 0.437. The molecule has 0 fully saturated rings. The average molecular weight is 672 g/mol. The molecular formula is C48H33NOS. The van der Waals surface area contributed by atoms with E-state index < -0.39 is 0 Å². The first kappa shape index (κ1) is 29.8. The second-order valence-electron chi connectivity index (χ2n) is 13.3. The predicted molar refractivity (Wildman–Crippen MR) is 215 cm³/mol. The molecule has 3 heteroatoms. The van der Waals surface area contributed by atoms with Crippen molar-refractivity contribution in [1.29, 1.82) is 0 Å². The van der Waals surface area contributed by atoms with Gasteiger partial charge in [-0.15, -0.1) is 0 Å². The molecule has 10 rings (SSSR count). The maximum absolute atomic E-state index is 6.38. The van der Waals surface area contributed by atoms with Crippen LogP contribution in [0.2, 0.25) is 0 Å². The van der Waals surface area contributed by atoms with Crippen LogP contribution < -0.4 is 0 Å². The molecule has 0 bridgehead atoms. The predicted octanol–water partition coefficient (Wildman–Crippen LogP) is 13.8. The Balaban J connectivity index is 1.01. The van der Waals surface area contributed by atoms with Gasteiger partial charge in [-0.25, -0.2) is 0 Å². The zero-order valence-electron chi connectivity index (χ0n) is 27.9. The van der Waals surface area contributed by atoms with Crippen LogP contribution in [0.5, 0.6) is 0 Å². The SMILES string of the molecule is C1=CCC(c2cccc(-c3cccc(Sc4ccc5oc6ccc(-n7c8ccccc8c8cc(-c9ccccc9)ccc87)cc6c5c4)c3)c2)C=C1. The Kier molecular flexibility index (Phi) is 7.25. The Bertz CT molecular complexity index is 2820. The van der Waals surface area contributed by atoms with Gasteiger partial charge in [-0.05, 0) is 101 Å². The highest BCUT2D eigenvalue weighted by atomic mass is 32.2. The second kappa shape index (κ2) is 12.4. The number of furan rings is 1. The van der Waals surface area contributed by atoms with Crippen molar-refractivity contribution in [2.24, 2.45) is 0 Å². The molecule has 9 aromatic rings. The lowest BCUT2D eigenvalue weighted by Crippen LogP contribution is -1.96. The molecule has 0 aliphatic heterocycles. The highest BCUT2D eigenvalue weighted by Gasteiger charge is 2.16. The highest BCUT2D eigenvalue weighted by Crippen LogP contribution is 2.39. The molecule has 1 atom stereocenters. The van der Waals surface area contributed by atoms with Gasteiger partial charge in [0.15, 0.2) is 0 Å². The van der Waals surface area contributed by atoms with Crippen LogP contribution in [0.4, 0.5) is 0 Å². The van der Waals surface area contributed by atoms with Gasteiger partial charge in [-0.3, -0.25) is 0 Å². The van der Waals surface area contributed by atoms with E-state index in [2.05, 4.69) is 187 Å². The van der Waals surface area contributed by atoms with Crippen LogP contribution in [-0.4, -0.2) is 4.57 Å². The van der Waals surface area contributed by atoms with Crippen molar-refractivity contribution in [2.45, 2.75) is 22.1 Å². The van der Waals surface area contributed by atoms with Crippen molar-refractivity contribution in [3.63, 3.8) is 0 Å². The highest BCUT2D eigenvalue weighted by molar-refractivity contribution is 7.99. The summed E-state index contributed by atoms with van der Waals surface area (Å²) in [6, 6.07) is 57.2. The number of para-hydroxylation sites is 1. The van der Waals surface area contributed by atoms with Gasteiger partial charge in [0.25, 0.3) is 0 Å². The van der Waals surface area contributed by atoms with Gasteiger partial charge in [-0.1, -0.05) is 127 Å². The number of hydrogen-bond acceptors (Lipinski definition) is 2. The minimum absolute atomic E-state index is 0.437. The van der Waals surface area contributed by atoms with Crippen molar-refractivity contribution in [2.75, 3.05) is 0 Å². The van der Waals surface area contributed by atoms with Crippen LogP contribution in [0, 0.1) is 0 Å². The number of fused-ring (bicyclic) bond motifs is 6. The molecule has 2 heterocycles. The van der Waals surface area contributed by atoms with Crippen LogP contribution in [-0.2, 0) is 0 Å². The van der Waals surface area contributed by atoms with Crippen molar-refractivity contribution >= 4 is 55.5 Å². The molecule has 1 aliphatic carbocycles. The third-order valence-electron chi connectivity index (χ3n) is 10.2. The molecule has 0 spiro atoms. The third-order valence-corrected chi connectivity index (χ3v) is 11.1. The van der Waals surface area contributed by atoms with Gasteiger partial charge in [0.1, 0.15) is 11.2 Å². The zero-order chi connectivity index (χ0) is 33.7. The van der Waals surface area contributed by atoms with E-state index in [0.29, 0.717) is 5.92 Å². The van der Waals surface area contributed by atoms with Crippen LogP contribution in [0.25, 0.3) is 71.7 Å². The average Bonchev–Trinajstić information content (AvgIpc) is 3.73. The number of hydrogen-bond donors (Lipinski definition) is 0. The lowest BCUT2D eigenvalue weighted by atomic mass is 9.90. The first-order chi connectivity index (χ1) is 25.2. The van der Waals surface area contributed by atoms with E-state index in [0.717, 1.165) is 34.0 Å². The Morgan fingerprint density at radius 3 is 2.10 bits per heavy atom. The topological polar surface area (TPSA) is 18.1 Å². The van der Waals surface area contributed by atoms with E-state index >= 15 is 0 Å². The number of aromatic nitrogens is 1. The maximum atomic E-state index is 6.38. The van der Waals surface area contributed by atoms with E-state index in [-0.39, 0.29) is 0 Å². The lowest BCUT2D eigenvalue weighted by molar-refractivity contribution is 0.668. The molecular weight excluding hydrogens is 639 g/mol. The van der Waals surface area contributed by atoms with E-state index in [1.165, 1.54) is 59.4 Å². The minimum Gasteiger partial charge on any atom is -0.456 e. The van der Waals surface area contributed by atoms with Gasteiger partial charge in [0, 0.05) is 42.9 Å². The molecule has 0 saturated heterocycles. The molecule has 0 amide bonds. The molecule has 0 radical (unpaired) electrons. The number of benzene rings is 7. The Morgan fingerprint density at radius 1 is 0.490 bits per heavy atom. The van der Waals surface area contributed by atoms with Crippen molar-refractivity contribution in [1.82, 2.24) is 4.57 Å². The van der Waals surface area contributed by atoms with E-state index in [1.807, 2.05) is 0 Å². The number of rotatable bonds is 6. The van der Waals surface area contributed by atoms with Crippen LogP contribution >= 0.6 is 11.8 Å². The standard InChI is InChI=1S/C48H33NOS/c1-3-11-32(12-4-1)34-15-9-16-35(27-34)36-17-10-18-39(28-36)51-40-23-26-48-44(31-40)43-30-38(22-25-47(43)50-48)49-45-20-8-7-19-41(45)42-29-37(21-24-46(42)49)33-13-5-2-6-14-33/h1-11,13-32H,12H2. The third kappa shape index (κ3) is 5.38. The summed E-state index contributed by atoms with van der Waals surface area (Å²) in [7, 11) is 0. The van der Waals surface area contributed by atoms with Crippen LogP contribution in [0.15, 0.2) is 196 Å². The summed E-state index contributed by atoms with van der Waals surface area (Å²) < 4.78 is 8.77. The second-order valence-corrected chi connectivity index (χ2v) is 14.4. The Morgan fingerprint density at radius 2 is 1.22 bits per heavy atom. The van der Waals surface area contributed by atoms with Gasteiger partial charge in [0.05, 0.1) is 11.0 Å². The maximum Gasteiger partial charge on any atom is 0.135 e. The van der Waals surface area contributed by atoms with E-state index in [1.54, 1.807) is 11.8 Å². The summed E-state index contributed by atoms with van der Waals surface area (Å²) in [6.07, 6.45) is 9.90. The Labute approximate surface area is 301 Å². The summed E-state index contributed by atoms with van der Waals surface area (Å²) >= 11 is 1.79. The fourth-order valence-corrected chi connectivity index (χ4v) is 8.58. The molecule has 1 unspecified atom stereocenters. The first-order valence-electron chi connectivity index (χ1n) is 17.5. The molecule has 242 valence electrons. The smallest absolute Gasteiger partial charge is 0.135 e. The van der Waals surface area contributed by atoms with Gasteiger partial charge in [0.2, 0.25) is 0 Å². The van der Waals surface area contributed by atoms with E-state index in [4.69, 9.17) is 4.42 Å². The zero-order valence-corrected chi connectivity index (χ0v) is 28.7. The van der Waals surface area contributed by atoms with Gasteiger partial charge >= 0.3 is 0 Å². The molecule has 1 aliphatic rings. The summed E-state index contributed by atoms with van der Waals surface area (Å²) in [6.45, 7) is 0. The monoisotopic (exact) mass is 671 g/mol. The van der Waals surface area contributed by atoms with Crippen LogP contribution in [0.1, 0.15) is 17.9 Å².